The molecule has 4 rings (SSSR count). The Morgan fingerprint density at radius 3 is 2.33 bits per heavy atom. The Morgan fingerprint density at radius 1 is 1.03 bits per heavy atom. The van der Waals surface area contributed by atoms with Gasteiger partial charge in [-0.2, -0.15) is 0 Å². The second kappa shape index (κ2) is 11.0. The summed E-state index contributed by atoms with van der Waals surface area (Å²) in [6.07, 6.45) is 0. The lowest BCUT2D eigenvalue weighted by molar-refractivity contribution is -0.139. The third-order valence-corrected chi connectivity index (χ3v) is 7.04. The van der Waals surface area contributed by atoms with Crippen LogP contribution in [0.1, 0.15) is 30.3 Å². The van der Waals surface area contributed by atoms with E-state index < -0.39 is 6.04 Å². The van der Waals surface area contributed by atoms with Crippen molar-refractivity contribution in [1.29, 1.82) is 0 Å². The monoisotopic (exact) mass is 468 g/mol. The summed E-state index contributed by atoms with van der Waals surface area (Å²) in [7, 11) is 0. The maximum Gasteiger partial charge on any atom is 0.338 e. The van der Waals surface area contributed by atoms with Crippen LogP contribution in [0, 0.1) is 0 Å². The number of nitrogens with one attached hydrogen (secondary N) is 1. The van der Waals surface area contributed by atoms with E-state index in [9.17, 15) is 9.59 Å². The summed E-state index contributed by atoms with van der Waals surface area (Å²) in [5.41, 5.74) is 2.16. The first-order valence-corrected chi connectivity index (χ1v) is 12.5. The molecule has 2 aliphatic heterocycles. The first-order chi connectivity index (χ1) is 16.1. The van der Waals surface area contributed by atoms with E-state index in [4.69, 9.17) is 4.74 Å². The predicted octanol–water partition coefficient (Wildman–Crippen LogP) is 3.47. The number of likely N-dealkylation sites (N-methyl/N-ethyl adjacent to an activating group) is 1. The molecule has 1 aromatic carbocycles. The van der Waals surface area contributed by atoms with Crippen molar-refractivity contribution in [3.05, 3.63) is 69.6 Å². The molecule has 1 fully saturated rings. The zero-order chi connectivity index (χ0) is 23.2. The second-order valence-electron chi connectivity index (χ2n) is 8.25. The number of amides is 2. The van der Waals surface area contributed by atoms with Crippen molar-refractivity contribution in [1.82, 2.24) is 20.0 Å². The van der Waals surface area contributed by atoms with Gasteiger partial charge in [-0.15, -0.1) is 11.3 Å². The normalized spacial score (nSPS) is 20.1. The van der Waals surface area contributed by atoms with E-state index in [1.54, 1.807) is 16.2 Å². The highest BCUT2D eigenvalue weighted by atomic mass is 32.1. The molecule has 1 aromatic heterocycles. The molecule has 7 nitrogen and oxygen atoms in total. The Morgan fingerprint density at radius 2 is 1.73 bits per heavy atom. The molecule has 2 amide bonds. The van der Waals surface area contributed by atoms with E-state index in [1.807, 2.05) is 44.2 Å². The van der Waals surface area contributed by atoms with Gasteiger partial charge in [0.1, 0.15) is 0 Å². The highest BCUT2D eigenvalue weighted by Crippen LogP contribution is 2.32. The molecule has 8 heteroatoms. The molecular formula is C25H32N4O3S. The molecule has 2 aromatic rings. The van der Waals surface area contributed by atoms with Crippen LogP contribution in [0.25, 0.3) is 0 Å². The number of benzene rings is 1. The number of esters is 1. The molecule has 1 atom stereocenters. The number of thiophene rings is 1. The summed E-state index contributed by atoms with van der Waals surface area (Å²) < 4.78 is 5.46. The molecule has 0 spiro atoms. The standard InChI is InChI=1S/C25H32N4O3S/c1-3-29-21(18-28-14-12-27(13-15-28)17-20-11-8-16-33-20)22(24(30)32-4-2)23(26-25(29)31)19-9-6-5-7-10-19/h5-11,16,23H,3-4,12-15,17-18H2,1-2H3,(H,26,31)/t23-/m0/s1. The average molecular weight is 469 g/mol. The van der Waals surface area contributed by atoms with Crippen LogP contribution >= 0.6 is 11.3 Å². The van der Waals surface area contributed by atoms with Crippen molar-refractivity contribution in [3.63, 3.8) is 0 Å². The van der Waals surface area contributed by atoms with Gasteiger partial charge in [0, 0.05) is 56.4 Å². The summed E-state index contributed by atoms with van der Waals surface area (Å²) in [5.74, 6) is -0.365. The maximum atomic E-state index is 13.1. The molecule has 0 radical (unpaired) electrons. The molecule has 176 valence electrons. The number of ether oxygens (including phenoxy) is 1. The van der Waals surface area contributed by atoms with Crippen molar-refractivity contribution in [2.45, 2.75) is 26.4 Å². The summed E-state index contributed by atoms with van der Waals surface area (Å²) >= 11 is 1.79. The zero-order valence-electron chi connectivity index (χ0n) is 19.3. The number of hydrogen-bond donors (Lipinski definition) is 1. The van der Waals surface area contributed by atoms with Crippen LogP contribution in [0.3, 0.4) is 0 Å². The quantitative estimate of drug-likeness (QED) is 0.601. The van der Waals surface area contributed by atoms with Gasteiger partial charge < -0.3 is 10.1 Å². The van der Waals surface area contributed by atoms with Gasteiger partial charge in [0.05, 0.1) is 18.2 Å². The number of urea groups is 1. The third kappa shape index (κ3) is 5.46. The van der Waals surface area contributed by atoms with Gasteiger partial charge in [0.2, 0.25) is 0 Å². The molecule has 0 unspecified atom stereocenters. The highest BCUT2D eigenvalue weighted by Gasteiger charge is 2.38. The van der Waals surface area contributed by atoms with Crippen LogP contribution in [0.4, 0.5) is 4.79 Å². The van der Waals surface area contributed by atoms with Gasteiger partial charge in [-0.05, 0) is 30.9 Å². The first kappa shape index (κ1) is 23.5. The fourth-order valence-electron chi connectivity index (χ4n) is 4.49. The highest BCUT2D eigenvalue weighted by molar-refractivity contribution is 7.09. The molecule has 33 heavy (non-hydrogen) atoms. The molecule has 3 heterocycles. The summed E-state index contributed by atoms with van der Waals surface area (Å²) in [6.45, 7) is 9.74. The lowest BCUT2D eigenvalue weighted by Gasteiger charge is -2.40. The number of nitrogens with zero attached hydrogens (tertiary/aromatic N) is 3. The van der Waals surface area contributed by atoms with Gasteiger partial charge in [-0.1, -0.05) is 36.4 Å². The van der Waals surface area contributed by atoms with Crippen molar-refractivity contribution in [3.8, 4) is 0 Å². The van der Waals surface area contributed by atoms with E-state index in [1.165, 1.54) is 4.88 Å². The topological polar surface area (TPSA) is 65.1 Å². The van der Waals surface area contributed by atoms with E-state index in [0.29, 0.717) is 25.3 Å². The Labute approximate surface area is 199 Å². The van der Waals surface area contributed by atoms with Crippen molar-refractivity contribution in [2.24, 2.45) is 0 Å². The van der Waals surface area contributed by atoms with Crippen LogP contribution in [-0.2, 0) is 16.1 Å². The largest absolute Gasteiger partial charge is 0.463 e. The van der Waals surface area contributed by atoms with Crippen LogP contribution < -0.4 is 5.32 Å². The van der Waals surface area contributed by atoms with E-state index in [0.717, 1.165) is 44.0 Å². The number of carbonyl (C=O) groups is 2. The zero-order valence-corrected chi connectivity index (χ0v) is 20.1. The molecule has 0 aliphatic carbocycles. The van der Waals surface area contributed by atoms with Crippen molar-refractivity contribution in [2.75, 3.05) is 45.9 Å². The third-order valence-electron chi connectivity index (χ3n) is 6.18. The Balaban J connectivity index is 1.58. The van der Waals surface area contributed by atoms with Crippen LogP contribution in [0.2, 0.25) is 0 Å². The molecule has 2 aliphatic rings. The number of piperazine rings is 1. The molecule has 0 saturated carbocycles. The summed E-state index contributed by atoms with van der Waals surface area (Å²) in [6, 6.07) is 13.2. The average Bonchev–Trinajstić information content (AvgIpc) is 3.34. The predicted molar refractivity (Wildman–Crippen MR) is 130 cm³/mol. The minimum atomic E-state index is -0.518. The summed E-state index contributed by atoms with van der Waals surface area (Å²) in [5, 5.41) is 5.14. The van der Waals surface area contributed by atoms with Gasteiger partial charge in [0.25, 0.3) is 0 Å². The van der Waals surface area contributed by atoms with Gasteiger partial charge in [-0.25, -0.2) is 9.59 Å². The smallest absolute Gasteiger partial charge is 0.338 e. The minimum absolute atomic E-state index is 0.175. The Hall–Kier alpha value is -2.68. The molecular weight excluding hydrogens is 436 g/mol. The minimum Gasteiger partial charge on any atom is -0.463 e. The van der Waals surface area contributed by atoms with E-state index in [-0.39, 0.29) is 12.0 Å². The molecule has 0 bridgehead atoms. The number of carbonyl (C=O) groups excluding carboxylic acids is 2. The van der Waals surface area contributed by atoms with Crippen molar-refractivity contribution < 1.29 is 14.3 Å². The van der Waals surface area contributed by atoms with Crippen LogP contribution in [-0.4, -0.2) is 72.6 Å². The maximum absolute atomic E-state index is 13.1. The van der Waals surface area contributed by atoms with E-state index in [2.05, 4.69) is 32.6 Å². The fraction of sp³-hybridized carbons (Fsp3) is 0.440. The number of rotatable bonds is 8. The Bertz CT molecular complexity index is 969. The van der Waals surface area contributed by atoms with Crippen LogP contribution in [0.15, 0.2) is 59.1 Å². The van der Waals surface area contributed by atoms with Crippen molar-refractivity contribution >= 4 is 23.3 Å². The first-order valence-electron chi connectivity index (χ1n) is 11.6. The van der Waals surface area contributed by atoms with Gasteiger partial charge in [0.15, 0.2) is 0 Å². The molecule has 1 saturated heterocycles. The fourth-order valence-corrected chi connectivity index (χ4v) is 5.24. The van der Waals surface area contributed by atoms with Gasteiger partial charge in [-0.3, -0.25) is 14.7 Å². The second-order valence-corrected chi connectivity index (χ2v) is 9.28. The van der Waals surface area contributed by atoms with Crippen LogP contribution in [0.5, 0.6) is 0 Å². The van der Waals surface area contributed by atoms with E-state index >= 15 is 0 Å². The lowest BCUT2D eigenvalue weighted by atomic mass is 9.94. The Kier molecular flexibility index (Phi) is 7.80. The van der Waals surface area contributed by atoms with Gasteiger partial charge >= 0.3 is 12.0 Å². The number of hydrogen-bond acceptors (Lipinski definition) is 6. The summed E-state index contributed by atoms with van der Waals surface area (Å²) in [4.78, 5) is 34.0. The SMILES string of the molecule is CCOC(=O)C1=C(CN2CCN(Cc3cccs3)CC2)N(CC)C(=O)N[C@H]1c1ccccc1. The molecule has 1 N–H and O–H groups in total. The lowest BCUT2D eigenvalue weighted by Crippen LogP contribution is -2.53.